The molecule has 1 rings (SSSR count). The summed E-state index contributed by atoms with van der Waals surface area (Å²) < 4.78 is 11.2. The quantitative estimate of drug-likeness (QED) is 0.647. The Morgan fingerprint density at radius 3 is 1.72 bits per heavy atom. The van der Waals surface area contributed by atoms with E-state index in [0.29, 0.717) is 0 Å². The van der Waals surface area contributed by atoms with Crippen LogP contribution in [0.5, 0.6) is 0 Å². The molecule has 18 heavy (non-hydrogen) atoms. The molecule has 0 radical (unpaired) electrons. The highest BCUT2D eigenvalue weighted by molar-refractivity contribution is 4.94. The van der Waals surface area contributed by atoms with Crippen LogP contribution >= 0.6 is 0 Å². The second-order valence-electron chi connectivity index (χ2n) is 6.99. The maximum atomic E-state index is 9.97. The van der Waals surface area contributed by atoms with Crippen LogP contribution in [0.1, 0.15) is 41.5 Å². The fourth-order valence-electron chi connectivity index (χ4n) is 2.01. The van der Waals surface area contributed by atoms with Gasteiger partial charge in [0.25, 0.3) is 0 Å². The van der Waals surface area contributed by atoms with Gasteiger partial charge in [-0.15, -0.1) is 0 Å². The molecule has 0 amide bonds. The molecule has 3 N–H and O–H groups in total. The number of ether oxygens (including phenoxy) is 2. The summed E-state index contributed by atoms with van der Waals surface area (Å²) in [4.78, 5) is 0. The highest BCUT2D eigenvalue weighted by Gasteiger charge is 2.49. The minimum atomic E-state index is -1.27. The molecular formula is C13H26O5. The van der Waals surface area contributed by atoms with Crippen LogP contribution in [0.25, 0.3) is 0 Å². The van der Waals surface area contributed by atoms with Crippen molar-refractivity contribution in [2.45, 2.75) is 77.8 Å². The lowest BCUT2D eigenvalue weighted by Gasteiger charge is -2.46. The Labute approximate surface area is 109 Å². The van der Waals surface area contributed by atoms with Crippen molar-refractivity contribution < 1.29 is 24.8 Å². The van der Waals surface area contributed by atoms with Crippen molar-refractivity contribution in [3.05, 3.63) is 0 Å². The molecule has 5 atom stereocenters. The maximum Gasteiger partial charge on any atom is 0.187 e. The largest absolute Gasteiger partial charge is 0.388 e. The summed E-state index contributed by atoms with van der Waals surface area (Å²) in [7, 11) is 0. The Balaban J connectivity index is 2.88. The molecule has 5 heteroatoms. The van der Waals surface area contributed by atoms with E-state index in [2.05, 4.69) is 0 Å². The van der Waals surface area contributed by atoms with E-state index < -0.39 is 36.3 Å². The summed E-state index contributed by atoms with van der Waals surface area (Å²) >= 11 is 0. The van der Waals surface area contributed by atoms with Crippen LogP contribution in [0.3, 0.4) is 0 Å². The van der Waals surface area contributed by atoms with Crippen LogP contribution in [0.15, 0.2) is 0 Å². The molecule has 2 unspecified atom stereocenters. The topological polar surface area (TPSA) is 79.2 Å². The van der Waals surface area contributed by atoms with E-state index in [-0.39, 0.29) is 5.41 Å². The van der Waals surface area contributed by atoms with Gasteiger partial charge >= 0.3 is 0 Å². The highest BCUT2D eigenvalue weighted by Crippen LogP contribution is 2.34. The predicted octanol–water partition coefficient (Wildman–Crippen LogP) is 0.655. The molecular weight excluding hydrogens is 236 g/mol. The van der Waals surface area contributed by atoms with Gasteiger partial charge in [0.2, 0.25) is 0 Å². The first-order valence-corrected chi connectivity index (χ1v) is 6.31. The van der Waals surface area contributed by atoms with Crippen LogP contribution in [-0.4, -0.2) is 51.6 Å². The monoisotopic (exact) mass is 262 g/mol. The fraction of sp³-hybridized carbons (Fsp3) is 1.00. The van der Waals surface area contributed by atoms with Gasteiger partial charge in [0.15, 0.2) is 6.29 Å². The molecule has 0 aromatic heterocycles. The Kier molecular flexibility index (Phi) is 4.45. The number of hydrogen-bond donors (Lipinski definition) is 3. The first-order chi connectivity index (χ1) is 7.93. The van der Waals surface area contributed by atoms with E-state index in [1.165, 1.54) is 0 Å². The van der Waals surface area contributed by atoms with E-state index in [4.69, 9.17) is 9.47 Å². The van der Waals surface area contributed by atoms with Crippen molar-refractivity contribution in [2.24, 2.45) is 5.41 Å². The lowest BCUT2D eigenvalue weighted by atomic mass is 9.81. The molecule has 0 aliphatic carbocycles. The average Bonchev–Trinajstić information content (AvgIpc) is 2.15. The third kappa shape index (κ3) is 3.65. The predicted molar refractivity (Wildman–Crippen MR) is 67.0 cm³/mol. The molecule has 1 fully saturated rings. The summed E-state index contributed by atoms with van der Waals surface area (Å²) in [5, 5.41) is 29.8. The van der Waals surface area contributed by atoms with Gasteiger partial charge in [0.1, 0.15) is 18.3 Å². The first-order valence-electron chi connectivity index (χ1n) is 6.31. The van der Waals surface area contributed by atoms with Crippen LogP contribution in [-0.2, 0) is 9.47 Å². The van der Waals surface area contributed by atoms with Gasteiger partial charge < -0.3 is 24.8 Å². The van der Waals surface area contributed by atoms with E-state index >= 15 is 0 Å². The molecule has 1 heterocycles. The molecule has 0 spiro atoms. The van der Waals surface area contributed by atoms with Crippen molar-refractivity contribution >= 4 is 0 Å². The summed E-state index contributed by atoms with van der Waals surface area (Å²) in [6.07, 6.45) is -5.18. The van der Waals surface area contributed by atoms with Crippen molar-refractivity contribution in [1.82, 2.24) is 0 Å². The maximum absolute atomic E-state index is 9.97. The first kappa shape index (κ1) is 15.9. The van der Waals surface area contributed by atoms with Crippen LogP contribution in [0.4, 0.5) is 0 Å². The SMILES string of the molecule is CC(C)(C)O[C@H]1OC(C(C)(C)C)[C@@H](O)C(O)[C@H]1O. The minimum Gasteiger partial charge on any atom is -0.388 e. The third-order valence-electron chi connectivity index (χ3n) is 2.89. The van der Waals surface area contributed by atoms with Gasteiger partial charge in [-0.25, -0.2) is 0 Å². The summed E-state index contributed by atoms with van der Waals surface area (Å²) in [5.41, 5.74) is -0.865. The molecule has 1 aliphatic rings. The minimum absolute atomic E-state index is 0.361. The van der Waals surface area contributed by atoms with E-state index in [1.54, 1.807) is 0 Å². The Morgan fingerprint density at radius 2 is 1.33 bits per heavy atom. The molecule has 0 saturated carbocycles. The van der Waals surface area contributed by atoms with Crippen LogP contribution in [0, 0.1) is 5.41 Å². The van der Waals surface area contributed by atoms with E-state index in [0.717, 1.165) is 0 Å². The molecule has 0 bridgehead atoms. The van der Waals surface area contributed by atoms with Crippen molar-refractivity contribution in [3.8, 4) is 0 Å². The highest BCUT2D eigenvalue weighted by atomic mass is 16.7. The van der Waals surface area contributed by atoms with Crippen LogP contribution in [0.2, 0.25) is 0 Å². The third-order valence-corrected chi connectivity index (χ3v) is 2.89. The number of rotatable bonds is 1. The lowest BCUT2D eigenvalue weighted by molar-refractivity contribution is -0.330. The molecule has 1 aliphatic heterocycles. The zero-order valence-electron chi connectivity index (χ0n) is 12.0. The van der Waals surface area contributed by atoms with Gasteiger partial charge in [-0.3, -0.25) is 0 Å². The zero-order valence-corrected chi connectivity index (χ0v) is 12.0. The van der Waals surface area contributed by atoms with Gasteiger partial charge in [0, 0.05) is 0 Å². The van der Waals surface area contributed by atoms with E-state index in [1.807, 2.05) is 41.5 Å². The number of hydrogen-bond acceptors (Lipinski definition) is 5. The summed E-state index contributed by atoms with van der Waals surface area (Å²) in [6, 6.07) is 0. The van der Waals surface area contributed by atoms with Gasteiger partial charge in [-0.1, -0.05) is 20.8 Å². The second-order valence-corrected chi connectivity index (χ2v) is 6.99. The van der Waals surface area contributed by atoms with Crippen LogP contribution < -0.4 is 0 Å². The molecule has 108 valence electrons. The number of aliphatic hydroxyl groups excluding tert-OH is 3. The molecule has 5 nitrogen and oxygen atoms in total. The second kappa shape index (κ2) is 5.06. The normalized spacial score (nSPS) is 38.8. The summed E-state index contributed by atoms with van der Waals surface area (Å²) in [6.45, 7) is 11.2. The van der Waals surface area contributed by atoms with Crippen molar-refractivity contribution in [2.75, 3.05) is 0 Å². The average molecular weight is 262 g/mol. The van der Waals surface area contributed by atoms with Crippen molar-refractivity contribution in [3.63, 3.8) is 0 Å². The van der Waals surface area contributed by atoms with Gasteiger partial charge in [-0.05, 0) is 26.2 Å². The van der Waals surface area contributed by atoms with Gasteiger partial charge in [0.05, 0.1) is 11.7 Å². The Hall–Kier alpha value is -0.200. The van der Waals surface area contributed by atoms with Crippen molar-refractivity contribution in [1.29, 1.82) is 0 Å². The Bertz CT molecular complexity index is 276. The summed E-state index contributed by atoms with van der Waals surface area (Å²) in [5.74, 6) is 0. The smallest absolute Gasteiger partial charge is 0.187 e. The molecule has 1 saturated heterocycles. The van der Waals surface area contributed by atoms with E-state index in [9.17, 15) is 15.3 Å². The number of aliphatic hydroxyl groups is 3. The fourth-order valence-corrected chi connectivity index (χ4v) is 2.01. The lowest BCUT2D eigenvalue weighted by Crippen LogP contribution is -2.62. The Morgan fingerprint density at radius 1 is 0.833 bits per heavy atom. The molecule has 0 aromatic rings. The van der Waals surface area contributed by atoms with Gasteiger partial charge in [-0.2, -0.15) is 0 Å². The molecule has 0 aromatic carbocycles. The standard InChI is InChI=1S/C13H26O5/c1-12(2,3)10-8(15)7(14)9(16)11(17-10)18-13(4,5)6/h7-11,14-16H,1-6H3/t7?,8-,9+,10?,11+/m0/s1. The zero-order chi connectivity index (χ0) is 14.3.